The summed E-state index contributed by atoms with van der Waals surface area (Å²) in [5, 5.41) is 0.673. The number of ether oxygens (including phenoxy) is 1. The van der Waals surface area contributed by atoms with Gasteiger partial charge in [0.25, 0.3) is 11.8 Å². The molecule has 0 bridgehead atoms. The Kier molecular flexibility index (Phi) is 4.54. The van der Waals surface area contributed by atoms with Crippen LogP contribution in [0, 0.1) is 13.8 Å². The topological polar surface area (TPSA) is 86.3 Å². The number of rotatable bonds is 4. The van der Waals surface area contributed by atoms with Crippen molar-refractivity contribution in [1.29, 1.82) is 0 Å². The van der Waals surface area contributed by atoms with Crippen LogP contribution in [0.2, 0.25) is 0 Å². The lowest BCUT2D eigenvalue weighted by atomic mass is 10.1. The van der Waals surface area contributed by atoms with Crippen LogP contribution >= 0.6 is 0 Å². The van der Waals surface area contributed by atoms with Crippen molar-refractivity contribution in [1.82, 2.24) is 9.99 Å². The van der Waals surface area contributed by atoms with E-state index in [0.29, 0.717) is 27.9 Å². The van der Waals surface area contributed by atoms with E-state index in [0.717, 1.165) is 5.56 Å². The molecule has 0 aliphatic rings. The van der Waals surface area contributed by atoms with Crippen LogP contribution in [0.4, 0.5) is 0 Å². The van der Waals surface area contributed by atoms with Crippen molar-refractivity contribution in [3.63, 3.8) is 0 Å². The van der Waals surface area contributed by atoms with E-state index in [-0.39, 0.29) is 12.5 Å². The number of hydrazine groups is 1. The van der Waals surface area contributed by atoms with Gasteiger partial charge in [-0.3, -0.25) is 19.6 Å². The van der Waals surface area contributed by atoms with E-state index in [1.807, 2.05) is 43.3 Å². The average Bonchev–Trinajstić information content (AvgIpc) is 2.92. The normalized spacial score (nSPS) is 10.7. The van der Waals surface area contributed by atoms with Crippen molar-refractivity contribution in [3.8, 4) is 5.75 Å². The number of benzene rings is 2. The summed E-state index contributed by atoms with van der Waals surface area (Å²) in [7, 11) is 0. The average molecular weight is 337 g/mol. The lowest BCUT2D eigenvalue weighted by molar-refractivity contribution is 0.0841. The molecule has 128 valence electrons. The lowest BCUT2D eigenvalue weighted by Crippen LogP contribution is -2.30. The molecule has 6 heteroatoms. The minimum absolute atomic E-state index is 0.133. The van der Waals surface area contributed by atoms with Crippen molar-refractivity contribution < 1.29 is 14.3 Å². The SMILES string of the molecule is Cc1ccc(OCC(=O)n2c(C)c(C(=O)NN)c3ccccc32)cc1. The Labute approximate surface area is 145 Å². The lowest BCUT2D eigenvalue weighted by Gasteiger charge is -2.09. The molecule has 0 aliphatic heterocycles. The maximum Gasteiger partial charge on any atom is 0.269 e. The minimum Gasteiger partial charge on any atom is -0.484 e. The van der Waals surface area contributed by atoms with Crippen LogP contribution in [0.3, 0.4) is 0 Å². The van der Waals surface area contributed by atoms with Gasteiger partial charge in [-0.25, -0.2) is 5.84 Å². The second-order valence-corrected chi connectivity index (χ2v) is 5.78. The second-order valence-electron chi connectivity index (χ2n) is 5.78. The van der Waals surface area contributed by atoms with E-state index >= 15 is 0 Å². The van der Waals surface area contributed by atoms with E-state index in [1.54, 1.807) is 19.1 Å². The fraction of sp³-hybridized carbons (Fsp3) is 0.158. The number of amides is 1. The summed E-state index contributed by atoms with van der Waals surface area (Å²) in [6, 6.07) is 14.7. The highest BCUT2D eigenvalue weighted by atomic mass is 16.5. The summed E-state index contributed by atoms with van der Waals surface area (Å²) >= 11 is 0. The third-order valence-electron chi connectivity index (χ3n) is 4.10. The molecule has 1 heterocycles. The molecule has 1 aromatic heterocycles. The number of para-hydroxylation sites is 1. The number of nitrogens with two attached hydrogens (primary N) is 1. The van der Waals surface area contributed by atoms with Gasteiger partial charge in [0.1, 0.15) is 5.75 Å². The van der Waals surface area contributed by atoms with E-state index in [4.69, 9.17) is 10.6 Å². The van der Waals surface area contributed by atoms with Crippen molar-refractivity contribution >= 4 is 22.7 Å². The van der Waals surface area contributed by atoms with Crippen molar-refractivity contribution in [2.24, 2.45) is 5.84 Å². The summed E-state index contributed by atoms with van der Waals surface area (Å²) in [4.78, 5) is 24.8. The molecule has 3 N–H and O–H groups in total. The first kappa shape index (κ1) is 16.7. The van der Waals surface area contributed by atoms with Crippen LogP contribution in [0.25, 0.3) is 10.9 Å². The van der Waals surface area contributed by atoms with Gasteiger partial charge in [-0.05, 0) is 32.0 Å². The number of carbonyl (C=O) groups excluding carboxylic acids is 2. The zero-order valence-corrected chi connectivity index (χ0v) is 14.1. The Morgan fingerprint density at radius 2 is 1.76 bits per heavy atom. The van der Waals surface area contributed by atoms with E-state index < -0.39 is 5.91 Å². The molecule has 0 atom stereocenters. The van der Waals surface area contributed by atoms with Crippen molar-refractivity contribution in [2.45, 2.75) is 13.8 Å². The van der Waals surface area contributed by atoms with Crippen molar-refractivity contribution in [2.75, 3.05) is 6.61 Å². The number of aryl methyl sites for hydroxylation is 1. The highest BCUT2D eigenvalue weighted by Crippen LogP contribution is 2.25. The molecule has 0 spiro atoms. The van der Waals surface area contributed by atoms with Gasteiger partial charge in [-0.1, -0.05) is 35.9 Å². The van der Waals surface area contributed by atoms with Crippen LogP contribution in [-0.4, -0.2) is 23.0 Å². The van der Waals surface area contributed by atoms with Gasteiger partial charge in [0.15, 0.2) is 6.61 Å². The molecule has 0 aliphatic carbocycles. The van der Waals surface area contributed by atoms with Gasteiger partial charge in [0, 0.05) is 11.1 Å². The third-order valence-corrected chi connectivity index (χ3v) is 4.10. The molecule has 6 nitrogen and oxygen atoms in total. The van der Waals surface area contributed by atoms with Gasteiger partial charge < -0.3 is 4.74 Å². The summed E-state index contributed by atoms with van der Waals surface area (Å²) in [5.74, 6) is 5.21. The number of hydrogen-bond acceptors (Lipinski definition) is 4. The molecule has 0 radical (unpaired) electrons. The number of hydrogen-bond donors (Lipinski definition) is 2. The fourth-order valence-electron chi connectivity index (χ4n) is 2.89. The molecule has 3 rings (SSSR count). The Morgan fingerprint density at radius 1 is 1.08 bits per heavy atom. The van der Waals surface area contributed by atoms with E-state index in [2.05, 4.69) is 5.43 Å². The van der Waals surface area contributed by atoms with Gasteiger partial charge in [0.05, 0.1) is 11.1 Å². The first-order chi connectivity index (χ1) is 12.0. The van der Waals surface area contributed by atoms with Crippen LogP contribution in [0.5, 0.6) is 5.75 Å². The number of fused-ring (bicyclic) bond motifs is 1. The van der Waals surface area contributed by atoms with E-state index in [1.165, 1.54) is 4.57 Å². The molecule has 25 heavy (non-hydrogen) atoms. The number of carbonyl (C=O) groups is 2. The summed E-state index contributed by atoms with van der Waals surface area (Å²) in [6.07, 6.45) is 0. The Balaban J connectivity index is 1.94. The number of aromatic nitrogens is 1. The molecule has 0 saturated carbocycles. The maximum absolute atomic E-state index is 12.7. The Morgan fingerprint density at radius 3 is 2.44 bits per heavy atom. The molecule has 0 fully saturated rings. The third kappa shape index (κ3) is 3.12. The van der Waals surface area contributed by atoms with E-state index in [9.17, 15) is 9.59 Å². The highest BCUT2D eigenvalue weighted by molar-refractivity contribution is 6.10. The zero-order valence-electron chi connectivity index (χ0n) is 14.1. The Hall–Kier alpha value is -3.12. The predicted octanol–water partition coefficient (Wildman–Crippen LogP) is 2.58. The maximum atomic E-state index is 12.7. The number of nitrogens with one attached hydrogen (secondary N) is 1. The zero-order chi connectivity index (χ0) is 18.0. The summed E-state index contributed by atoms with van der Waals surface area (Å²) in [5.41, 5.74) is 4.82. The standard InChI is InChI=1S/C19H19N3O3/c1-12-7-9-14(10-8-12)25-11-17(23)22-13(2)18(19(24)21-20)15-5-3-4-6-16(15)22/h3-10H,11,20H2,1-2H3,(H,21,24). The molecule has 3 aromatic rings. The predicted molar refractivity (Wildman–Crippen MR) is 95.6 cm³/mol. The monoisotopic (exact) mass is 337 g/mol. The number of nitrogen functional groups attached to an aromatic ring is 1. The molecular formula is C19H19N3O3. The van der Waals surface area contributed by atoms with Crippen LogP contribution in [0.1, 0.15) is 26.4 Å². The van der Waals surface area contributed by atoms with Gasteiger partial charge >= 0.3 is 0 Å². The van der Waals surface area contributed by atoms with Crippen LogP contribution < -0.4 is 16.0 Å². The highest BCUT2D eigenvalue weighted by Gasteiger charge is 2.22. The first-order valence-electron chi connectivity index (χ1n) is 7.86. The molecule has 0 unspecified atom stereocenters. The smallest absolute Gasteiger partial charge is 0.269 e. The van der Waals surface area contributed by atoms with Gasteiger partial charge in [-0.2, -0.15) is 0 Å². The molecule has 1 amide bonds. The minimum atomic E-state index is -0.431. The van der Waals surface area contributed by atoms with Crippen LogP contribution in [0.15, 0.2) is 48.5 Å². The largest absolute Gasteiger partial charge is 0.484 e. The summed E-state index contributed by atoms with van der Waals surface area (Å²) < 4.78 is 7.08. The quantitative estimate of drug-likeness (QED) is 0.435. The summed E-state index contributed by atoms with van der Waals surface area (Å²) in [6.45, 7) is 3.56. The molecule has 0 saturated heterocycles. The number of nitrogens with zero attached hydrogens (tertiary/aromatic N) is 1. The molecule has 2 aromatic carbocycles. The molecular weight excluding hydrogens is 318 g/mol. The van der Waals surface area contributed by atoms with Gasteiger partial charge in [0.2, 0.25) is 0 Å². The van der Waals surface area contributed by atoms with Gasteiger partial charge in [-0.15, -0.1) is 0 Å². The second kappa shape index (κ2) is 6.78. The fourth-order valence-corrected chi connectivity index (χ4v) is 2.89. The Bertz CT molecular complexity index is 942. The first-order valence-corrected chi connectivity index (χ1v) is 7.86. The van der Waals surface area contributed by atoms with Crippen LogP contribution in [-0.2, 0) is 0 Å². The van der Waals surface area contributed by atoms with Crippen molar-refractivity contribution in [3.05, 3.63) is 65.4 Å².